The van der Waals surface area contributed by atoms with Crippen LogP contribution in [-0.4, -0.2) is 20.9 Å². The molecular weight excluding hydrogens is 329 g/mol. The first kappa shape index (κ1) is 15.7. The number of anilines is 1. The molecule has 2 aromatic heterocycles. The Balaban J connectivity index is 1.82. The van der Waals surface area contributed by atoms with Crippen LogP contribution in [0.3, 0.4) is 0 Å². The highest BCUT2D eigenvalue weighted by molar-refractivity contribution is 7.17. The molecular formula is C16H10FN5OS. The van der Waals surface area contributed by atoms with Gasteiger partial charge in [-0.15, -0.1) is 11.3 Å². The lowest BCUT2D eigenvalue weighted by Gasteiger charge is -2.02. The van der Waals surface area contributed by atoms with E-state index in [1.54, 1.807) is 19.1 Å². The van der Waals surface area contributed by atoms with E-state index in [1.165, 1.54) is 35.9 Å². The summed E-state index contributed by atoms with van der Waals surface area (Å²) in [5, 5.41) is 11.9. The van der Waals surface area contributed by atoms with E-state index >= 15 is 0 Å². The normalized spacial score (nSPS) is 10.2. The zero-order chi connectivity index (χ0) is 17.1. The highest BCUT2D eigenvalue weighted by Crippen LogP contribution is 2.28. The fourth-order valence-corrected chi connectivity index (χ4v) is 2.91. The zero-order valence-electron chi connectivity index (χ0n) is 12.4. The van der Waals surface area contributed by atoms with E-state index in [-0.39, 0.29) is 23.2 Å². The van der Waals surface area contributed by atoms with Gasteiger partial charge in [0.2, 0.25) is 0 Å². The Bertz CT molecular complexity index is 929. The molecule has 0 bridgehead atoms. The van der Waals surface area contributed by atoms with Crippen LogP contribution in [0.25, 0.3) is 10.6 Å². The lowest BCUT2D eigenvalue weighted by atomic mass is 10.2. The number of thiazole rings is 1. The third kappa shape index (κ3) is 3.26. The Morgan fingerprint density at radius 3 is 2.62 bits per heavy atom. The number of carbonyl (C=O) groups is 1. The second kappa shape index (κ2) is 6.52. The zero-order valence-corrected chi connectivity index (χ0v) is 13.3. The Morgan fingerprint density at radius 2 is 2.00 bits per heavy atom. The molecule has 2 heterocycles. The highest BCUT2D eigenvalue weighted by Gasteiger charge is 2.17. The molecule has 8 heteroatoms. The van der Waals surface area contributed by atoms with Crippen molar-refractivity contribution in [2.75, 3.05) is 5.32 Å². The molecule has 0 aliphatic rings. The van der Waals surface area contributed by atoms with Gasteiger partial charge in [-0.05, 0) is 31.2 Å². The van der Waals surface area contributed by atoms with Crippen molar-refractivity contribution in [1.29, 1.82) is 5.26 Å². The Kier molecular flexibility index (Phi) is 4.26. The number of nitrogens with one attached hydrogen (secondary N) is 1. The quantitative estimate of drug-likeness (QED) is 0.791. The molecule has 1 aromatic carbocycles. The van der Waals surface area contributed by atoms with Gasteiger partial charge < -0.3 is 5.32 Å². The number of amides is 1. The van der Waals surface area contributed by atoms with Gasteiger partial charge in [-0.1, -0.05) is 0 Å². The average Bonchev–Trinajstić information content (AvgIpc) is 2.98. The van der Waals surface area contributed by atoms with Crippen LogP contribution in [0.1, 0.15) is 21.1 Å². The maximum atomic E-state index is 13.0. The van der Waals surface area contributed by atoms with Crippen molar-refractivity contribution < 1.29 is 9.18 Å². The molecule has 0 unspecified atom stereocenters. The first-order valence-electron chi connectivity index (χ1n) is 6.83. The summed E-state index contributed by atoms with van der Waals surface area (Å²) in [4.78, 5) is 24.9. The predicted octanol–water partition coefficient (Wildman–Crippen LogP) is 3.17. The monoisotopic (exact) mass is 339 g/mol. The number of nitriles is 1. The van der Waals surface area contributed by atoms with Gasteiger partial charge in [0.25, 0.3) is 5.91 Å². The second-order valence-electron chi connectivity index (χ2n) is 4.79. The number of halogens is 1. The van der Waals surface area contributed by atoms with Gasteiger partial charge in [0, 0.05) is 5.56 Å². The van der Waals surface area contributed by atoms with Gasteiger partial charge >= 0.3 is 0 Å². The molecule has 118 valence electrons. The Hall–Kier alpha value is -3.18. The summed E-state index contributed by atoms with van der Waals surface area (Å²) in [6.45, 7) is 1.73. The van der Waals surface area contributed by atoms with E-state index in [2.05, 4.69) is 20.3 Å². The lowest BCUT2D eigenvalue weighted by molar-refractivity contribution is 0.102. The standard InChI is InChI=1S/C16H10FN5OS/c1-9-14(15(23)22-13-8-19-12(6-18)7-20-13)24-16(21-9)10-2-4-11(17)5-3-10/h2-5,7-8H,1H3,(H,20,22,23). The summed E-state index contributed by atoms with van der Waals surface area (Å²) in [6, 6.07) is 7.77. The average molecular weight is 339 g/mol. The van der Waals surface area contributed by atoms with Gasteiger partial charge in [0.1, 0.15) is 21.8 Å². The summed E-state index contributed by atoms with van der Waals surface area (Å²) in [7, 11) is 0. The van der Waals surface area contributed by atoms with E-state index in [4.69, 9.17) is 5.26 Å². The topological polar surface area (TPSA) is 91.6 Å². The van der Waals surface area contributed by atoms with Crippen LogP contribution in [0, 0.1) is 24.1 Å². The highest BCUT2D eigenvalue weighted by atomic mass is 32.1. The van der Waals surface area contributed by atoms with Crippen LogP contribution in [0.2, 0.25) is 0 Å². The molecule has 0 aliphatic carbocycles. The number of rotatable bonds is 3. The van der Waals surface area contributed by atoms with E-state index in [0.717, 1.165) is 5.56 Å². The van der Waals surface area contributed by atoms with Crippen molar-refractivity contribution in [2.24, 2.45) is 0 Å². The molecule has 24 heavy (non-hydrogen) atoms. The van der Waals surface area contributed by atoms with Crippen LogP contribution in [-0.2, 0) is 0 Å². The largest absolute Gasteiger partial charge is 0.305 e. The van der Waals surface area contributed by atoms with Gasteiger partial charge in [0.05, 0.1) is 18.1 Å². The molecule has 0 spiro atoms. The van der Waals surface area contributed by atoms with E-state index in [0.29, 0.717) is 15.6 Å². The van der Waals surface area contributed by atoms with E-state index in [1.807, 2.05) is 6.07 Å². The minimum absolute atomic E-state index is 0.167. The smallest absolute Gasteiger partial charge is 0.268 e. The molecule has 3 rings (SSSR count). The molecule has 0 saturated carbocycles. The van der Waals surface area contributed by atoms with Crippen molar-refractivity contribution in [1.82, 2.24) is 15.0 Å². The summed E-state index contributed by atoms with van der Waals surface area (Å²) < 4.78 is 13.0. The third-order valence-corrected chi connectivity index (χ3v) is 4.31. The lowest BCUT2D eigenvalue weighted by Crippen LogP contribution is -2.13. The Morgan fingerprint density at radius 1 is 1.25 bits per heavy atom. The summed E-state index contributed by atoms with van der Waals surface area (Å²) in [5.41, 5.74) is 1.47. The van der Waals surface area contributed by atoms with Crippen molar-refractivity contribution in [3.05, 3.63) is 58.7 Å². The number of hydrogen-bond acceptors (Lipinski definition) is 6. The van der Waals surface area contributed by atoms with Crippen molar-refractivity contribution >= 4 is 23.1 Å². The van der Waals surface area contributed by atoms with Crippen LogP contribution in [0.4, 0.5) is 10.2 Å². The van der Waals surface area contributed by atoms with Crippen LogP contribution >= 0.6 is 11.3 Å². The number of benzene rings is 1. The molecule has 0 atom stereocenters. The first-order chi connectivity index (χ1) is 11.6. The molecule has 3 aromatic rings. The fraction of sp³-hybridized carbons (Fsp3) is 0.0625. The number of carbonyl (C=O) groups excluding carboxylic acids is 1. The van der Waals surface area contributed by atoms with Gasteiger partial charge in [0.15, 0.2) is 11.5 Å². The number of aromatic nitrogens is 3. The number of nitrogens with zero attached hydrogens (tertiary/aromatic N) is 4. The van der Waals surface area contributed by atoms with Crippen molar-refractivity contribution in [2.45, 2.75) is 6.92 Å². The van der Waals surface area contributed by atoms with Crippen molar-refractivity contribution in [3.63, 3.8) is 0 Å². The molecule has 1 amide bonds. The fourth-order valence-electron chi connectivity index (χ4n) is 1.95. The summed E-state index contributed by atoms with van der Waals surface area (Å²) >= 11 is 1.21. The van der Waals surface area contributed by atoms with E-state index < -0.39 is 0 Å². The SMILES string of the molecule is Cc1nc(-c2ccc(F)cc2)sc1C(=O)Nc1cnc(C#N)cn1. The number of hydrogen-bond donors (Lipinski definition) is 1. The van der Waals surface area contributed by atoms with Crippen LogP contribution in [0.5, 0.6) is 0 Å². The minimum Gasteiger partial charge on any atom is -0.305 e. The van der Waals surface area contributed by atoms with Crippen LogP contribution < -0.4 is 5.32 Å². The molecule has 0 aliphatic heterocycles. The first-order valence-corrected chi connectivity index (χ1v) is 7.65. The van der Waals surface area contributed by atoms with Gasteiger partial charge in [-0.2, -0.15) is 5.26 Å². The van der Waals surface area contributed by atoms with Crippen molar-refractivity contribution in [3.8, 4) is 16.6 Å². The second-order valence-corrected chi connectivity index (χ2v) is 5.79. The maximum Gasteiger partial charge on any atom is 0.268 e. The van der Waals surface area contributed by atoms with Crippen LogP contribution in [0.15, 0.2) is 36.7 Å². The summed E-state index contributed by atoms with van der Waals surface area (Å²) in [6.07, 6.45) is 2.59. The molecule has 0 radical (unpaired) electrons. The van der Waals surface area contributed by atoms with Gasteiger partial charge in [-0.25, -0.2) is 19.3 Å². The predicted molar refractivity (Wildman–Crippen MR) is 86.9 cm³/mol. The third-order valence-electron chi connectivity index (χ3n) is 3.10. The maximum absolute atomic E-state index is 13.0. The molecule has 1 N–H and O–H groups in total. The Labute approximate surface area is 140 Å². The summed E-state index contributed by atoms with van der Waals surface area (Å²) in [5.74, 6) is -0.447. The molecule has 0 saturated heterocycles. The molecule has 0 fully saturated rings. The van der Waals surface area contributed by atoms with E-state index in [9.17, 15) is 9.18 Å². The number of aryl methyl sites for hydroxylation is 1. The molecule has 6 nitrogen and oxygen atoms in total. The minimum atomic E-state index is -0.364. The van der Waals surface area contributed by atoms with Gasteiger partial charge in [-0.3, -0.25) is 4.79 Å².